The molecule has 3 nitrogen and oxygen atoms in total. The van der Waals surface area contributed by atoms with Gasteiger partial charge in [0.25, 0.3) is 0 Å². The van der Waals surface area contributed by atoms with Crippen LogP contribution in [-0.2, 0) is 4.74 Å². The van der Waals surface area contributed by atoms with Crippen molar-refractivity contribution in [1.29, 1.82) is 0 Å². The largest absolute Gasteiger partial charge is 0.445 e. The van der Waals surface area contributed by atoms with Gasteiger partial charge in [-0.1, -0.05) is 0 Å². The molecule has 40 valence electrons. The van der Waals surface area contributed by atoms with Crippen LogP contribution >= 0.6 is 0 Å². The molecule has 2 N–H and O–H groups in total. The lowest BCUT2D eigenvalue weighted by molar-refractivity contribution is -0.880. The van der Waals surface area contributed by atoms with Gasteiger partial charge in [0.1, 0.15) is 6.26 Å². The topological polar surface area (TPSA) is 35.2 Å². The minimum atomic E-state index is 0.347. The molecule has 0 amide bonds. The molecule has 0 aromatic carbocycles. The average Bonchev–Trinajstić information content (AvgIpc) is 1.84. The number of nitrogens with two attached hydrogens (primary N) is 1. The Morgan fingerprint density at radius 2 is 2.57 bits per heavy atom. The molecule has 1 aliphatic rings. The first-order chi connectivity index (χ1) is 3.21. The molecule has 3 heteroatoms. The summed E-state index contributed by atoms with van der Waals surface area (Å²) in [7, 11) is 1.86. The first kappa shape index (κ1) is 4.61. The molecular formula is C4H9N2O+. The van der Waals surface area contributed by atoms with Crippen LogP contribution in [-0.4, -0.2) is 18.4 Å². The second-order valence-corrected chi connectivity index (χ2v) is 1.93. The van der Waals surface area contributed by atoms with Crippen molar-refractivity contribution in [2.75, 3.05) is 13.8 Å². The molecule has 0 spiro atoms. The van der Waals surface area contributed by atoms with Gasteiger partial charge in [0.05, 0.1) is 7.05 Å². The highest BCUT2D eigenvalue weighted by atomic mass is 16.5. The maximum atomic E-state index is 5.50. The predicted molar refractivity (Wildman–Crippen MR) is 25.5 cm³/mol. The van der Waals surface area contributed by atoms with E-state index in [4.69, 9.17) is 10.6 Å². The van der Waals surface area contributed by atoms with E-state index in [2.05, 4.69) is 0 Å². The van der Waals surface area contributed by atoms with Crippen molar-refractivity contribution in [2.24, 2.45) is 5.84 Å². The first-order valence-corrected chi connectivity index (χ1v) is 2.14. The lowest BCUT2D eigenvalue weighted by Gasteiger charge is -2.14. The molecule has 0 aliphatic carbocycles. The minimum Gasteiger partial charge on any atom is -0.445 e. The van der Waals surface area contributed by atoms with Gasteiger partial charge in [0.15, 0.2) is 6.20 Å². The summed E-state index contributed by atoms with van der Waals surface area (Å²) in [5.74, 6) is 5.50. The number of ether oxygens (including phenoxy) is 1. The molecule has 0 aromatic rings. The van der Waals surface area contributed by atoms with Crippen molar-refractivity contribution in [3.8, 4) is 0 Å². The van der Waals surface area contributed by atoms with Gasteiger partial charge in [0, 0.05) is 0 Å². The molecule has 1 heterocycles. The van der Waals surface area contributed by atoms with Crippen molar-refractivity contribution in [3.05, 3.63) is 12.5 Å². The van der Waals surface area contributed by atoms with Crippen LogP contribution < -0.4 is 5.84 Å². The summed E-state index contributed by atoms with van der Waals surface area (Å²) in [6.45, 7) is 0.556. The highest BCUT2D eigenvalue weighted by Gasteiger charge is 2.16. The van der Waals surface area contributed by atoms with Crippen LogP contribution in [0, 0.1) is 0 Å². The van der Waals surface area contributed by atoms with Gasteiger partial charge in [-0.2, -0.15) is 10.4 Å². The zero-order valence-electron chi connectivity index (χ0n) is 4.29. The maximum absolute atomic E-state index is 5.50. The second kappa shape index (κ2) is 1.21. The Hall–Kier alpha value is -0.540. The fraction of sp³-hybridized carbons (Fsp3) is 0.500. The molecule has 0 fully saturated rings. The third kappa shape index (κ3) is 0.913. The van der Waals surface area contributed by atoms with Crippen LogP contribution in [0.5, 0.6) is 0 Å². The Morgan fingerprint density at radius 3 is 2.71 bits per heavy atom. The molecule has 0 bridgehead atoms. The minimum absolute atomic E-state index is 0.347. The van der Waals surface area contributed by atoms with E-state index in [1.54, 1.807) is 12.5 Å². The van der Waals surface area contributed by atoms with Gasteiger partial charge >= 0.3 is 0 Å². The van der Waals surface area contributed by atoms with E-state index in [9.17, 15) is 0 Å². The Labute approximate surface area is 42.5 Å². The number of quaternary nitrogens is 1. The quantitative estimate of drug-likeness (QED) is 0.338. The van der Waals surface area contributed by atoms with E-state index < -0.39 is 0 Å². The summed E-state index contributed by atoms with van der Waals surface area (Å²) in [6.07, 6.45) is 3.40. The van der Waals surface area contributed by atoms with Gasteiger partial charge in [-0.15, -0.1) is 0 Å². The van der Waals surface area contributed by atoms with Crippen LogP contribution in [0.1, 0.15) is 0 Å². The summed E-state index contributed by atoms with van der Waals surface area (Å²) in [5, 5.41) is 0. The standard InChI is InChI=1S/C4H9N2O/c1-6(5)2-3-7-4-6/h2-3H,4-5H2,1H3/q+1. The number of hydrogen-bond acceptors (Lipinski definition) is 2. The zero-order chi connectivity index (χ0) is 5.33. The molecule has 0 saturated heterocycles. The fourth-order valence-corrected chi connectivity index (χ4v) is 0.429. The average molecular weight is 101 g/mol. The molecule has 0 saturated carbocycles. The number of nitrogens with zero attached hydrogens (tertiary/aromatic N) is 1. The van der Waals surface area contributed by atoms with Gasteiger partial charge < -0.3 is 4.74 Å². The van der Waals surface area contributed by atoms with Crippen molar-refractivity contribution in [2.45, 2.75) is 0 Å². The van der Waals surface area contributed by atoms with Gasteiger partial charge in [-0.3, -0.25) is 0 Å². The second-order valence-electron chi connectivity index (χ2n) is 1.93. The van der Waals surface area contributed by atoms with Crippen molar-refractivity contribution >= 4 is 0 Å². The number of rotatable bonds is 0. The molecule has 0 aromatic heterocycles. The van der Waals surface area contributed by atoms with Crippen LogP contribution in [0.15, 0.2) is 12.5 Å². The van der Waals surface area contributed by atoms with Gasteiger partial charge in [0.2, 0.25) is 6.73 Å². The van der Waals surface area contributed by atoms with Crippen LogP contribution in [0.2, 0.25) is 0 Å². The van der Waals surface area contributed by atoms with Crippen molar-refractivity contribution in [1.82, 2.24) is 0 Å². The predicted octanol–water partition coefficient (Wildman–Crippen LogP) is -0.234. The third-order valence-electron chi connectivity index (χ3n) is 0.850. The lowest BCUT2D eigenvalue weighted by atomic mass is 10.8. The Kier molecular flexibility index (Phi) is 0.800. The van der Waals surface area contributed by atoms with Crippen molar-refractivity contribution in [3.63, 3.8) is 0 Å². The smallest absolute Gasteiger partial charge is 0.244 e. The van der Waals surface area contributed by atoms with Crippen LogP contribution in [0.4, 0.5) is 0 Å². The Bertz CT molecular complexity index is 97.9. The monoisotopic (exact) mass is 101 g/mol. The fourth-order valence-electron chi connectivity index (χ4n) is 0.429. The normalized spacial score (nSPS) is 38.6. The summed E-state index contributed by atoms with van der Waals surface area (Å²) in [4.78, 5) is 0. The van der Waals surface area contributed by atoms with E-state index in [0.717, 1.165) is 0 Å². The highest BCUT2D eigenvalue weighted by molar-refractivity contribution is 4.64. The molecule has 0 radical (unpaired) electrons. The number of hydrogen-bond donors (Lipinski definition) is 1. The third-order valence-corrected chi connectivity index (χ3v) is 0.850. The van der Waals surface area contributed by atoms with Crippen LogP contribution in [0.25, 0.3) is 0 Å². The highest BCUT2D eigenvalue weighted by Crippen LogP contribution is 2.01. The molecule has 1 atom stereocenters. The van der Waals surface area contributed by atoms with Gasteiger partial charge in [-0.25, -0.2) is 0 Å². The SMILES string of the molecule is C[N+]1(N)C=COC1. The first-order valence-electron chi connectivity index (χ1n) is 2.14. The van der Waals surface area contributed by atoms with E-state index in [1.165, 1.54) is 0 Å². The van der Waals surface area contributed by atoms with Crippen LogP contribution in [0.3, 0.4) is 0 Å². The van der Waals surface area contributed by atoms with Gasteiger partial charge in [-0.05, 0) is 0 Å². The van der Waals surface area contributed by atoms with E-state index in [-0.39, 0.29) is 0 Å². The maximum Gasteiger partial charge on any atom is 0.244 e. The summed E-state index contributed by atoms with van der Waals surface area (Å²) in [6, 6.07) is 0. The van der Waals surface area contributed by atoms with E-state index in [1.807, 2.05) is 7.05 Å². The van der Waals surface area contributed by atoms with E-state index in [0.29, 0.717) is 11.3 Å². The molecule has 1 unspecified atom stereocenters. The molecular weight excluding hydrogens is 92.1 g/mol. The molecule has 1 aliphatic heterocycles. The molecule has 7 heavy (non-hydrogen) atoms. The lowest BCUT2D eigenvalue weighted by Crippen LogP contribution is -2.43. The van der Waals surface area contributed by atoms with Crippen molar-refractivity contribution < 1.29 is 9.33 Å². The summed E-state index contributed by atoms with van der Waals surface area (Å²) in [5.41, 5.74) is 0. The summed E-state index contributed by atoms with van der Waals surface area (Å²) >= 11 is 0. The molecule has 1 rings (SSSR count). The Morgan fingerprint density at radius 1 is 1.86 bits per heavy atom. The zero-order valence-corrected chi connectivity index (χ0v) is 4.29. The Balaban J connectivity index is 2.57. The van der Waals surface area contributed by atoms with E-state index >= 15 is 0 Å². The summed E-state index contributed by atoms with van der Waals surface area (Å²) < 4.78 is 5.17.